The van der Waals surface area contributed by atoms with E-state index in [4.69, 9.17) is 25.8 Å². The van der Waals surface area contributed by atoms with Crippen molar-refractivity contribution >= 4 is 23.5 Å². The standard InChI is InChI=1S/C18H17ClFNO5/c1-24-15-6-3-11(7-16(15)25-2)9-21-17(22)10-26-18(23)13-5-4-12(20)8-14(13)19/h3-8H,9-10H2,1-2H3,(H,21,22). The maximum Gasteiger partial charge on any atom is 0.340 e. The Balaban J connectivity index is 1.86. The molecule has 138 valence electrons. The quantitative estimate of drug-likeness (QED) is 0.746. The number of esters is 1. The average Bonchev–Trinajstić information content (AvgIpc) is 2.64. The maximum absolute atomic E-state index is 13.0. The number of hydrogen-bond donors (Lipinski definition) is 1. The summed E-state index contributed by atoms with van der Waals surface area (Å²) in [5.41, 5.74) is 0.768. The molecule has 6 nitrogen and oxygen atoms in total. The van der Waals surface area contributed by atoms with Crippen LogP contribution in [0.25, 0.3) is 0 Å². The SMILES string of the molecule is COc1ccc(CNC(=O)COC(=O)c2ccc(F)cc2Cl)cc1OC. The number of amides is 1. The van der Waals surface area contributed by atoms with E-state index in [-0.39, 0.29) is 17.1 Å². The molecule has 0 atom stereocenters. The Bertz CT molecular complexity index is 812. The van der Waals surface area contributed by atoms with E-state index in [1.807, 2.05) is 0 Å². The van der Waals surface area contributed by atoms with Crippen molar-refractivity contribution in [3.8, 4) is 11.5 Å². The molecule has 1 N–H and O–H groups in total. The monoisotopic (exact) mass is 381 g/mol. The van der Waals surface area contributed by atoms with E-state index < -0.39 is 24.3 Å². The molecule has 0 radical (unpaired) electrons. The van der Waals surface area contributed by atoms with Gasteiger partial charge in [0.1, 0.15) is 5.82 Å². The number of halogens is 2. The van der Waals surface area contributed by atoms with Crippen LogP contribution in [0.4, 0.5) is 4.39 Å². The maximum atomic E-state index is 13.0. The van der Waals surface area contributed by atoms with Gasteiger partial charge in [0.2, 0.25) is 0 Å². The summed E-state index contributed by atoms with van der Waals surface area (Å²) >= 11 is 5.77. The molecule has 2 aromatic rings. The second-order valence-corrected chi connectivity index (χ2v) is 5.57. The molecular formula is C18H17ClFNO5. The van der Waals surface area contributed by atoms with Crippen LogP contribution in [-0.2, 0) is 16.1 Å². The van der Waals surface area contributed by atoms with E-state index in [2.05, 4.69) is 5.32 Å². The van der Waals surface area contributed by atoms with E-state index >= 15 is 0 Å². The first-order valence-corrected chi connectivity index (χ1v) is 7.92. The van der Waals surface area contributed by atoms with Gasteiger partial charge < -0.3 is 19.5 Å². The highest BCUT2D eigenvalue weighted by Gasteiger charge is 2.14. The number of ether oxygens (including phenoxy) is 3. The molecular weight excluding hydrogens is 365 g/mol. The normalized spacial score (nSPS) is 10.2. The first-order chi connectivity index (χ1) is 12.4. The number of rotatable bonds is 7. The predicted octanol–water partition coefficient (Wildman–Crippen LogP) is 2.97. The minimum absolute atomic E-state index is 0.0132. The Labute approximate surface area is 154 Å². The smallest absolute Gasteiger partial charge is 0.340 e. The second kappa shape index (κ2) is 9.05. The molecule has 26 heavy (non-hydrogen) atoms. The van der Waals surface area contributed by atoms with Crippen LogP contribution in [0.3, 0.4) is 0 Å². The molecule has 0 aliphatic carbocycles. The third kappa shape index (κ3) is 5.10. The average molecular weight is 382 g/mol. The second-order valence-electron chi connectivity index (χ2n) is 5.17. The third-order valence-electron chi connectivity index (χ3n) is 3.42. The summed E-state index contributed by atoms with van der Waals surface area (Å²) in [6.07, 6.45) is 0. The Morgan fingerprint density at radius 3 is 2.46 bits per heavy atom. The van der Waals surface area contributed by atoms with Gasteiger partial charge in [0, 0.05) is 6.54 Å². The van der Waals surface area contributed by atoms with Crippen LogP contribution >= 0.6 is 11.6 Å². The number of carbonyl (C=O) groups is 2. The van der Waals surface area contributed by atoms with Gasteiger partial charge in [-0.2, -0.15) is 0 Å². The molecule has 0 heterocycles. The Morgan fingerprint density at radius 1 is 1.08 bits per heavy atom. The lowest BCUT2D eigenvalue weighted by Gasteiger charge is -2.11. The van der Waals surface area contributed by atoms with Gasteiger partial charge in [-0.25, -0.2) is 9.18 Å². The number of methoxy groups -OCH3 is 2. The number of benzene rings is 2. The summed E-state index contributed by atoms with van der Waals surface area (Å²) in [6.45, 7) is -0.270. The fraction of sp³-hybridized carbons (Fsp3) is 0.222. The molecule has 2 rings (SSSR count). The van der Waals surface area contributed by atoms with E-state index in [9.17, 15) is 14.0 Å². The summed E-state index contributed by atoms with van der Waals surface area (Å²) in [5.74, 6) is -0.758. The molecule has 0 aromatic heterocycles. The van der Waals surface area contributed by atoms with Crippen molar-refractivity contribution < 1.29 is 28.2 Å². The highest BCUT2D eigenvalue weighted by atomic mass is 35.5. The molecule has 1 amide bonds. The van der Waals surface area contributed by atoms with Crippen molar-refractivity contribution in [3.05, 3.63) is 58.4 Å². The summed E-state index contributed by atoms with van der Waals surface area (Å²) < 4.78 is 28.2. The predicted molar refractivity (Wildman–Crippen MR) is 93.1 cm³/mol. The largest absolute Gasteiger partial charge is 0.493 e. The molecule has 8 heteroatoms. The third-order valence-corrected chi connectivity index (χ3v) is 3.74. The van der Waals surface area contributed by atoms with Crippen LogP contribution in [0.5, 0.6) is 11.5 Å². The van der Waals surface area contributed by atoms with E-state index in [0.29, 0.717) is 11.5 Å². The Morgan fingerprint density at radius 2 is 1.81 bits per heavy atom. The van der Waals surface area contributed by atoms with Crippen molar-refractivity contribution in [2.45, 2.75) is 6.54 Å². The zero-order chi connectivity index (χ0) is 19.1. The molecule has 0 fully saturated rings. The van der Waals surface area contributed by atoms with Crippen LogP contribution in [0.15, 0.2) is 36.4 Å². The summed E-state index contributed by atoms with van der Waals surface area (Å²) in [4.78, 5) is 23.7. The molecule has 0 aliphatic heterocycles. The summed E-state index contributed by atoms with van der Waals surface area (Å²) in [6, 6.07) is 8.49. The first-order valence-electron chi connectivity index (χ1n) is 7.54. The van der Waals surface area contributed by atoms with E-state index in [0.717, 1.165) is 17.7 Å². The molecule has 0 spiro atoms. The van der Waals surface area contributed by atoms with Gasteiger partial charge in [0.05, 0.1) is 24.8 Å². The van der Waals surface area contributed by atoms with Gasteiger partial charge in [-0.3, -0.25) is 4.79 Å². The van der Waals surface area contributed by atoms with Crippen LogP contribution in [0.1, 0.15) is 15.9 Å². The van der Waals surface area contributed by atoms with Crippen molar-refractivity contribution in [1.29, 1.82) is 0 Å². The van der Waals surface area contributed by atoms with Gasteiger partial charge >= 0.3 is 5.97 Å². The topological polar surface area (TPSA) is 73.9 Å². The number of nitrogens with one attached hydrogen (secondary N) is 1. The van der Waals surface area contributed by atoms with Crippen LogP contribution in [-0.4, -0.2) is 32.7 Å². The fourth-order valence-electron chi connectivity index (χ4n) is 2.11. The van der Waals surface area contributed by atoms with Crippen molar-refractivity contribution in [2.24, 2.45) is 0 Å². The van der Waals surface area contributed by atoms with Gasteiger partial charge in [0.25, 0.3) is 5.91 Å². The molecule has 0 aliphatic rings. The van der Waals surface area contributed by atoms with Crippen LogP contribution < -0.4 is 14.8 Å². The Kier molecular flexibility index (Phi) is 6.80. The van der Waals surface area contributed by atoms with E-state index in [1.54, 1.807) is 18.2 Å². The van der Waals surface area contributed by atoms with Crippen molar-refractivity contribution in [1.82, 2.24) is 5.32 Å². The minimum Gasteiger partial charge on any atom is -0.493 e. The zero-order valence-electron chi connectivity index (χ0n) is 14.2. The van der Waals surface area contributed by atoms with Crippen LogP contribution in [0, 0.1) is 5.82 Å². The van der Waals surface area contributed by atoms with Gasteiger partial charge in [0.15, 0.2) is 18.1 Å². The molecule has 0 saturated carbocycles. The number of carbonyl (C=O) groups excluding carboxylic acids is 2. The van der Waals surface area contributed by atoms with Gasteiger partial charge in [-0.05, 0) is 35.9 Å². The Hall–Kier alpha value is -2.80. The van der Waals surface area contributed by atoms with Gasteiger partial charge in [-0.1, -0.05) is 17.7 Å². The highest BCUT2D eigenvalue weighted by Crippen LogP contribution is 2.27. The molecule has 0 bridgehead atoms. The highest BCUT2D eigenvalue weighted by molar-refractivity contribution is 6.33. The van der Waals surface area contributed by atoms with Crippen molar-refractivity contribution in [3.63, 3.8) is 0 Å². The van der Waals surface area contributed by atoms with Crippen molar-refractivity contribution in [2.75, 3.05) is 20.8 Å². The van der Waals surface area contributed by atoms with E-state index in [1.165, 1.54) is 20.3 Å². The first kappa shape index (κ1) is 19.5. The lowest BCUT2D eigenvalue weighted by molar-refractivity contribution is -0.124. The molecule has 2 aromatic carbocycles. The molecule has 0 unspecified atom stereocenters. The van der Waals surface area contributed by atoms with Gasteiger partial charge in [-0.15, -0.1) is 0 Å². The minimum atomic E-state index is -0.809. The molecule has 0 saturated heterocycles. The van der Waals surface area contributed by atoms with Crippen LogP contribution in [0.2, 0.25) is 5.02 Å². The lowest BCUT2D eigenvalue weighted by atomic mass is 10.2. The zero-order valence-corrected chi connectivity index (χ0v) is 14.9. The lowest BCUT2D eigenvalue weighted by Crippen LogP contribution is -2.28. The number of hydrogen-bond acceptors (Lipinski definition) is 5. The fourth-order valence-corrected chi connectivity index (χ4v) is 2.35. The summed E-state index contributed by atoms with van der Waals surface area (Å²) in [5, 5.41) is 2.53. The summed E-state index contributed by atoms with van der Waals surface area (Å²) in [7, 11) is 3.04.